The maximum atomic E-state index is 13.9. The summed E-state index contributed by atoms with van der Waals surface area (Å²) in [6.07, 6.45) is 13.2. The van der Waals surface area contributed by atoms with Gasteiger partial charge in [-0.2, -0.15) is 0 Å². The highest BCUT2D eigenvalue weighted by molar-refractivity contribution is 5.77. The van der Waals surface area contributed by atoms with Crippen molar-refractivity contribution >= 4 is 17.9 Å². The summed E-state index contributed by atoms with van der Waals surface area (Å²) in [5.74, 6) is 3.08. The monoisotopic (exact) mass is 1180 g/mol. The smallest absolute Gasteiger partial charge is 0.344 e. The Morgan fingerprint density at radius 3 is 1.16 bits per heavy atom. The van der Waals surface area contributed by atoms with Gasteiger partial charge in [-0.25, -0.2) is 14.4 Å². The van der Waals surface area contributed by atoms with Crippen molar-refractivity contribution in [2.45, 2.75) is 157 Å². The molecule has 0 aliphatic heterocycles. The lowest BCUT2D eigenvalue weighted by molar-refractivity contribution is -0.207. The molecule has 458 valence electrons. The second kappa shape index (κ2) is 23.6. The average molecular weight is 1180 g/mol. The molecule has 8 fully saturated rings. The number of hydrogen-bond acceptors (Lipinski definition) is 12. The number of aromatic hydroxyl groups is 4. The molecule has 8 saturated carbocycles. The van der Waals surface area contributed by atoms with Crippen LogP contribution in [0.25, 0.3) is 0 Å². The molecular formula is C75H86O12. The van der Waals surface area contributed by atoms with E-state index in [-0.39, 0.29) is 35.0 Å². The van der Waals surface area contributed by atoms with Crippen LogP contribution in [0.15, 0.2) is 84.9 Å². The van der Waals surface area contributed by atoms with E-state index in [0.29, 0.717) is 76.0 Å². The minimum absolute atomic E-state index is 0.0495. The minimum Gasteiger partial charge on any atom is -0.508 e. The standard InChI is InChI=1S/C75H86O12/c1-40-18-63(76)44(5)14-57(40)72(58-15-45(6)64(77)19-41(58)2)61-31-48(10-12-67(61)83-36-69(80)85-38-71(82)87-74(9)55-27-50-23-51(29-55)30-56(74)28-50)22-49-11-13-68(84-37-70(81)86-39-75-33-52-24-53(34-75)26-54(25-52)35-75)62(32-49)73(59-16-46(7)65(78)20-42(59)3)60-17-47(8)66(79)21-43(60)4/h10-21,31-32,50-56,72-73,76-79H,22-30,33-39H2,1-9H3. The van der Waals surface area contributed by atoms with Crippen LogP contribution < -0.4 is 9.47 Å². The van der Waals surface area contributed by atoms with Gasteiger partial charge in [0.05, 0.1) is 6.61 Å². The van der Waals surface area contributed by atoms with Gasteiger partial charge in [-0.05, 0) is 295 Å². The lowest BCUT2D eigenvalue weighted by Gasteiger charge is -2.59. The predicted octanol–water partition coefficient (Wildman–Crippen LogP) is 14.7. The molecule has 6 aromatic carbocycles. The number of aryl methyl sites for hydroxylation is 8. The Kier molecular flexibility index (Phi) is 16.2. The first kappa shape index (κ1) is 59.8. The summed E-state index contributed by atoms with van der Waals surface area (Å²) in [6.45, 7) is 16.5. The van der Waals surface area contributed by atoms with Gasteiger partial charge in [0, 0.05) is 28.4 Å². The molecule has 4 N–H and O–H groups in total. The molecule has 0 atom stereocenters. The third kappa shape index (κ3) is 12.0. The van der Waals surface area contributed by atoms with Crippen molar-refractivity contribution in [1.29, 1.82) is 0 Å². The molecule has 12 heteroatoms. The molecule has 8 aliphatic rings. The molecular weight excluding hydrogens is 1090 g/mol. The van der Waals surface area contributed by atoms with E-state index in [9.17, 15) is 34.8 Å². The zero-order chi connectivity index (χ0) is 61.4. The zero-order valence-electron chi connectivity index (χ0n) is 52.1. The summed E-state index contributed by atoms with van der Waals surface area (Å²) in [5, 5.41) is 44.1. The first-order valence-electron chi connectivity index (χ1n) is 31.7. The lowest BCUT2D eigenvalue weighted by atomic mass is 9.50. The van der Waals surface area contributed by atoms with E-state index in [4.69, 9.17) is 23.7 Å². The summed E-state index contributed by atoms with van der Waals surface area (Å²) in [4.78, 5) is 41.1. The van der Waals surface area contributed by atoms with Crippen LogP contribution in [-0.4, -0.2) is 70.4 Å². The number of carbonyl (C=O) groups excluding carboxylic acids is 3. The van der Waals surface area contributed by atoms with Crippen LogP contribution in [0.4, 0.5) is 0 Å². The fourth-order valence-corrected chi connectivity index (χ4v) is 17.7. The van der Waals surface area contributed by atoms with E-state index >= 15 is 0 Å². The second-order valence-corrected chi connectivity index (χ2v) is 28.0. The van der Waals surface area contributed by atoms with Crippen molar-refractivity contribution in [2.75, 3.05) is 26.4 Å². The van der Waals surface area contributed by atoms with Gasteiger partial charge >= 0.3 is 17.9 Å². The number of hydrogen-bond donors (Lipinski definition) is 4. The first-order valence-corrected chi connectivity index (χ1v) is 31.7. The van der Waals surface area contributed by atoms with E-state index in [1.165, 1.54) is 25.7 Å². The highest BCUT2D eigenvalue weighted by atomic mass is 16.6. The molecule has 0 amide bonds. The third-order valence-electron chi connectivity index (χ3n) is 21.6. The molecule has 0 radical (unpaired) electrons. The van der Waals surface area contributed by atoms with Crippen LogP contribution in [0.5, 0.6) is 34.5 Å². The topological polar surface area (TPSA) is 178 Å². The van der Waals surface area contributed by atoms with E-state index in [0.717, 1.165) is 124 Å². The molecule has 8 bridgehead atoms. The van der Waals surface area contributed by atoms with Crippen molar-refractivity contribution in [1.82, 2.24) is 0 Å². The molecule has 0 aromatic heterocycles. The maximum Gasteiger partial charge on any atom is 0.344 e. The van der Waals surface area contributed by atoms with Gasteiger partial charge in [0.2, 0.25) is 0 Å². The van der Waals surface area contributed by atoms with Crippen molar-refractivity contribution in [3.63, 3.8) is 0 Å². The van der Waals surface area contributed by atoms with Crippen LogP contribution in [-0.2, 0) is 35.0 Å². The van der Waals surface area contributed by atoms with Gasteiger partial charge in [0.15, 0.2) is 19.8 Å². The molecule has 0 saturated heterocycles. The van der Waals surface area contributed by atoms with Crippen LogP contribution >= 0.6 is 0 Å². The fourth-order valence-electron chi connectivity index (χ4n) is 17.7. The Hall–Kier alpha value is -7.47. The molecule has 6 aromatic rings. The molecule has 0 spiro atoms. The normalized spacial score (nSPS) is 24.8. The van der Waals surface area contributed by atoms with Crippen LogP contribution in [0.3, 0.4) is 0 Å². The Balaban J connectivity index is 0.894. The number of carbonyl (C=O) groups is 3. The van der Waals surface area contributed by atoms with Gasteiger partial charge in [-0.3, -0.25) is 0 Å². The van der Waals surface area contributed by atoms with Crippen molar-refractivity contribution in [3.05, 3.63) is 174 Å². The van der Waals surface area contributed by atoms with Gasteiger partial charge in [-0.1, -0.05) is 48.5 Å². The quantitative estimate of drug-likeness (QED) is 0.0343. The Morgan fingerprint density at radius 1 is 0.425 bits per heavy atom. The van der Waals surface area contributed by atoms with Gasteiger partial charge in [0.25, 0.3) is 0 Å². The SMILES string of the molecule is Cc1cc(C(c2cc(C)c(O)cc2C)c2cc(Cc3ccc(OCC(=O)OCC45CC6CC(CC(C6)C4)C5)c(C(c4cc(C)c(O)cc4C)c4cc(C)c(O)cc4C)c3)ccc2OCC(=O)OCC(=O)OC2(C)C3CC4CC(C3)CC2C4)c(C)cc1O. The van der Waals surface area contributed by atoms with E-state index in [1.807, 2.05) is 104 Å². The number of benzene rings is 6. The largest absolute Gasteiger partial charge is 0.508 e. The van der Waals surface area contributed by atoms with Crippen LogP contribution in [0.2, 0.25) is 0 Å². The van der Waals surface area contributed by atoms with Crippen molar-refractivity contribution in [2.24, 2.45) is 46.8 Å². The predicted molar refractivity (Wildman–Crippen MR) is 333 cm³/mol. The Morgan fingerprint density at radius 2 is 0.782 bits per heavy atom. The zero-order valence-corrected chi connectivity index (χ0v) is 52.1. The fraction of sp³-hybridized carbons (Fsp3) is 0.480. The van der Waals surface area contributed by atoms with Crippen LogP contribution in [0.1, 0.15) is 178 Å². The highest BCUT2D eigenvalue weighted by Crippen LogP contribution is 2.61. The number of phenols is 4. The third-order valence-corrected chi connectivity index (χ3v) is 21.6. The van der Waals surface area contributed by atoms with Crippen molar-refractivity contribution in [3.8, 4) is 34.5 Å². The molecule has 0 unspecified atom stereocenters. The number of ether oxygens (including phenoxy) is 5. The molecule has 8 aliphatic carbocycles. The average Bonchev–Trinajstić information content (AvgIpc) is 1.02. The van der Waals surface area contributed by atoms with Gasteiger partial charge in [0.1, 0.15) is 40.1 Å². The van der Waals surface area contributed by atoms with E-state index in [1.54, 1.807) is 24.3 Å². The minimum atomic E-state index is -0.722. The van der Waals surface area contributed by atoms with E-state index < -0.39 is 48.6 Å². The first-order chi connectivity index (χ1) is 41.5. The molecule has 87 heavy (non-hydrogen) atoms. The van der Waals surface area contributed by atoms with Crippen molar-refractivity contribution < 1.29 is 58.5 Å². The molecule has 12 nitrogen and oxygen atoms in total. The van der Waals surface area contributed by atoms with Gasteiger partial charge in [-0.15, -0.1) is 0 Å². The number of rotatable bonds is 19. The molecule has 14 rings (SSSR count). The summed E-state index contributed by atoms with van der Waals surface area (Å²) >= 11 is 0. The summed E-state index contributed by atoms with van der Waals surface area (Å²) < 4.78 is 31.2. The second-order valence-electron chi connectivity index (χ2n) is 28.0. The van der Waals surface area contributed by atoms with Gasteiger partial charge < -0.3 is 44.1 Å². The number of esters is 3. The summed E-state index contributed by atoms with van der Waals surface area (Å²) in [7, 11) is 0. The summed E-state index contributed by atoms with van der Waals surface area (Å²) in [6, 6.07) is 27.0. The maximum absolute atomic E-state index is 13.9. The molecule has 0 heterocycles. The van der Waals surface area contributed by atoms with Crippen LogP contribution in [0, 0.1) is 102 Å². The van der Waals surface area contributed by atoms with E-state index in [2.05, 4.69) is 19.1 Å². The Bertz CT molecular complexity index is 3510. The number of phenolic OH excluding ortho intramolecular Hbond substituents is 4. The lowest BCUT2D eigenvalue weighted by Crippen LogP contribution is -2.58. The highest BCUT2D eigenvalue weighted by Gasteiger charge is 2.57. The summed E-state index contributed by atoms with van der Waals surface area (Å²) in [5.41, 5.74) is 12.4. The Labute approximate surface area is 512 Å².